The summed E-state index contributed by atoms with van der Waals surface area (Å²) in [5.74, 6) is -1.93. The zero-order chi connectivity index (χ0) is 19.5. The number of carboxylic acid groups (broad SMARTS) is 2. The van der Waals surface area contributed by atoms with Gasteiger partial charge in [0.2, 0.25) is 0 Å². The minimum atomic E-state index is -0.979. The van der Waals surface area contributed by atoms with Crippen molar-refractivity contribution in [1.29, 1.82) is 0 Å². The van der Waals surface area contributed by atoms with Gasteiger partial charge in [0, 0.05) is 12.2 Å². The number of rotatable bonds is 8. The molecule has 0 aliphatic carbocycles. The molecule has 0 aliphatic rings. The van der Waals surface area contributed by atoms with Crippen LogP contribution >= 0.6 is 0 Å². The summed E-state index contributed by atoms with van der Waals surface area (Å²) in [4.78, 5) is 21.0. The normalized spacial score (nSPS) is 13.2. The van der Waals surface area contributed by atoms with Crippen molar-refractivity contribution in [2.75, 3.05) is 0 Å². The van der Waals surface area contributed by atoms with Crippen molar-refractivity contribution in [3.63, 3.8) is 0 Å². The van der Waals surface area contributed by atoms with E-state index in [4.69, 9.17) is 10.2 Å². The SMILES string of the molecule is CC(=C\C/C=C/C(=O)O)/C=C(\C)c1ccc(C)cc1/C=C/C=C/C(=O)O. The Bertz CT molecular complexity index is 805. The third kappa shape index (κ3) is 8.11. The molecule has 0 atom stereocenters. The third-order valence-electron chi connectivity index (χ3n) is 3.54. The molecule has 0 saturated carbocycles. The average molecular weight is 352 g/mol. The molecular formula is C22H24O4. The number of hydrogen-bond acceptors (Lipinski definition) is 2. The number of aryl methyl sites for hydroxylation is 1. The molecular weight excluding hydrogens is 328 g/mol. The predicted octanol–water partition coefficient (Wildman–Crippen LogP) is 5.03. The minimum absolute atomic E-state index is 0.558. The Morgan fingerprint density at radius 3 is 2.38 bits per heavy atom. The van der Waals surface area contributed by atoms with Crippen LogP contribution in [0.5, 0.6) is 0 Å². The highest BCUT2D eigenvalue weighted by molar-refractivity contribution is 5.81. The van der Waals surface area contributed by atoms with Gasteiger partial charge in [0.25, 0.3) is 0 Å². The van der Waals surface area contributed by atoms with E-state index in [1.54, 1.807) is 12.2 Å². The summed E-state index contributed by atoms with van der Waals surface area (Å²) in [6.07, 6.45) is 13.5. The second kappa shape index (κ2) is 10.7. The molecule has 4 heteroatoms. The van der Waals surface area contributed by atoms with Crippen molar-refractivity contribution >= 4 is 23.6 Å². The maximum Gasteiger partial charge on any atom is 0.328 e. The van der Waals surface area contributed by atoms with Gasteiger partial charge < -0.3 is 10.2 Å². The summed E-state index contributed by atoms with van der Waals surface area (Å²) >= 11 is 0. The number of carbonyl (C=O) groups is 2. The van der Waals surface area contributed by atoms with Gasteiger partial charge in [-0.15, -0.1) is 0 Å². The van der Waals surface area contributed by atoms with E-state index >= 15 is 0 Å². The molecule has 26 heavy (non-hydrogen) atoms. The Balaban J connectivity index is 3.03. The number of allylic oxidation sites excluding steroid dienone is 7. The number of hydrogen-bond donors (Lipinski definition) is 2. The second-order valence-corrected chi connectivity index (χ2v) is 5.90. The van der Waals surface area contributed by atoms with E-state index < -0.39 is 11.9 Å². The van der Waals surface area contributed by atoms with Crippen LogP contribution in [0.2, 0.25) is 0 Å². The van der Waals surface area contributed by atoms with E-state index in [1.165, 1.54) is 6.08 Å². The van der Waals surface area contributed by atoms with E-state index in [1.807, 2.05) is 57.2 Å². The number of carboxylic acids is 2. The van der Waals surface area contributed by atoms with Gasteiger partial charge in [-0.2, -0.15) is 0 Å². The summed E-state index contributed by atoms with van der Waals surface area (Å²) in [6.45, 7) is 5.99. The Labute approximate surface area is 154 Å². The summed E-state index contributed by atoms with van der Waals surface area (Å²) in [5.41, 5.74) is 5.30. The van der Waals surface area contributed by atoms with Gasteiger partial charge in [0.15, 0.2) is 0 Å². The smallest absolute Gasteiger partial charge is 0.328 e. The maximum absolute atomic E-state index is 10.5. The van der Waals surface area contributed by atoms with Crippen molar-refractivity contribution in [2.24, 2.45) is 0 Å². The summed E-state index contributed by atoms with van der Waals surface area (Å²) < 4.78 is 0. The lowest BCUT2D eigenvalue weighted by Gasteiger charge is -2.08. The molecule has 0 heterocycles. The van der Waals surface area contributed by atoms with Crippen LogP contribution in [0.15, 0.2) is 66.3 Å². The molecule has 1 rings (SSSR count). The van der Waals surface area contributed by atoms with E-state index in [9.17, 15) is 9.59 Å². The molecule has 0 spiro atoms. The maximum atomic E-state index is 10.5. The Morgan fingerprint density at radius 2 is 1.73 bits per heavy atom. The second-order valence-electron chi connectivity index (χ2n) is 5.90. The first-order valence-corrected chi connectivity index (χ1v) is 8.23. The van der Waals surface area contributed by atoms with Crippen LogP contribution in [0.4, 0.5) is 0 Å². The van der Waals surface area contributed by atoms with E-state index in [2.05, 4.69) is 0 Å². The molecule has 136 valence electrons. The highest BCUT2D eigenvalue weighted by Gasteiger charge is 2.02. The molecule has 2 N–H and O–H groups in total. The van der Waals surface area contributed by atoms with E-state index in [0.29, 0.717) is 6.42 Å². The Morgan fingerprint density at radius 1 is 1.04 bits per heavy atom. The van der Waals surface area contributed by atoms with E-state index in [0.717, 1.165) is 40.0 Å². The minimum Gasteiger partial charge on any atom is -0.478 e. The molecule has 0 bridgehead atoms. The monoisotopic (exact) mass is 352 g/mol. The predicted molar refractivity (Wildman–Crippen MR) is 106 cm³/mol. The molecule has 0 aromatic heterocycles. The Hall–Kier alpha value is -3.14. The zero-order valence-electron chi connectivity index (χ0n) is 15.3. The van der Waals surface area contributed by atoms with Gasteiger partial charge in [-0.3, -0.25) is 0 Å². The van der Waals surface area contributed by atoms with Crippen LogP contribution in [-0.2, 0) is 9.59 Å². The van der Waals surface area contributed by atoms with Crippen LogP contribution in [0, 0.1) is 6.92 Å². The van der Waals surface area contributed by atoms with Gasteiger partial charge in [0.05, 0.1) is 0 Å². The van der Waals surface area contributed by atoms with Crippen molar-refractivity contribution in [3.05, 3.63) is 83.0 Å². The highest BCUT2D eigenvalue weighted by Crippen LogP contribution is 2.23. The van der Waals surface area contributed by atoms with Gasteiger partial charge in [-0.1, -0.05) is 65.8 Å². The molecule has 0 fully saturated rings. The topological polar surface area (TPSA) is 74.6 Å². The third-order valence-corrected chi connectivity index (χ3v) is 3.54. The largest absolute Gasteiger partial charge is 0.478 e. The highest BCUT2D eigenvalue weighted by atomic mass is 16.4. The quantitative estimate of drug-likeness (QED) is 0.508. The van der Waals surface area contributed by atoms with Crippen LogP contribution in [0.25, 0.3) is 11.6 Å². The first kappa shape index (κ1) is 20.9. The van der Waals surface area contributed by atoms with E-state index in [-0.39, 0.29) is 0 Å². The Kier molecular flexibility index (Phi) is 8.58. The van der Waals surface area contributed by atoms with Crippen molar-refractivity contribution < 1.29 is 19.8 Å². The van der Waals surface area contributed by atoms with Crippen molar-refractivity contribution in [3.8, 4) is 0 Å². The fourth-order valence-corrected chi connectivity index (χ4v) is 2.38. The van der Waals surface area contributed by atoms with Crippen molar-refractivity contribution in [1.82, 2.24) is 0 Å². The lowest BCUT2D eigenvalue weighted by molar-refractivity contribution is -0.132. The van der Waals surface area contributed by atoms with Crippen LogP contribution in [0.3, 0.4) is 0 Å². The molecule has 0 amide bonds. The number of benzene rings is 1. The lowest BCUT2D eigenvalue weighted by atomic mass is 9.96. The van der Waals surface area contributed by atoms with Crippen LogP contribution in [0.1, 0.15) is 37.0 Å². The first-order chi connectivity index (χ1) is 12.3. The van der Waals surface area contributed by atoms with Crippen LogP contribution in [-0.4, -0.2) is 22.2 Å². The zero-order valence-corrected chi connectivity index (χ0v) is 15.3. The molecule has 0 unspecified atom stereocenters. The average Bonchev–Trinajstić information content (AvgIpc) is 2.55. The molecule has 1 aromatic carbocycles. The van der Waals surface area contributed by atoms with Gasteiger partial charge in [-0.25, -0.2) is 9.59 Å². The molecule has 0 aliphatic heterocycles. The molecule has 1 aromatic rings. The first-order valence-electron chi connectivity index (χ1n) is 8.23. The summed E-state index contributed by atoms with van der Waals surface area (Å²) in [6, 6.07) is 6.12. The van der Waals surface area contributed by atoms with Gasteiger partial charge in [-0.05, 0) is 43.9 Å². The van der Waals surface area contributed by atoms with Gasteiger partial charge in [0.1, 0.15) is 0 Å². The van der Waals surface area contributed by atoms with Gasteiger partial charge >= 0.3 is 11.9 Å². The van der Waals surface area contributed by atoms with Crippen LogP contribution < -0.4 is 0 Å². The summed E-state index contributed by atoms with van der Waals surface area (Å²) in [7, 11) is 0. The number of aliphatic carboxylic acids is 2. The standard InChI is InChI=1S/C22H24O4/c1-16(8-4-6-10-21(23)24)14-18(3)20-13-12-17(2)15-19(20)9-5-7-11-22(25)26/h5-15H,4H2,1-3H3,(H,23,24)(H,25,26)/b9-5+,10-6+,11-7+,16-8+,18-14+. The lowest BCUT2D eigenvalue weighted by Crippen LogP contribution is -1.88. The fourth-order valence-electron chi connectivity index (χ4n) is 2.38. The fraction of sp³-hybridized carbons (Fsp3) is 0.182. The molecule has 0 radical (unpaired) electrons. The molecule has 4 nitrogen and oxygen atoms in total. The van der Waals surface area contributed by atoms with Crippen molar-refractivity contribution in [2.45, 2.75) is 27.2 Å². The summed E-state index contributed by atoms with van der Waals surface area (Å²) in [5, 5.41) is 17.2. The molecule has 0 saturated heterocycles.